The Hall–Kier alpha value is -3.07. The van der Waals surface area contributed by atoms with Crippen molar-refractivity contribution in [2.75, 3.05) is 17.4 Å². The smallest absolute Gasteiger partial charge is 0.264 e. The van der Waals surface area contributed by atoms with E-state index in [1.807, 2.05) is 52.0 Å². The van der Waals surface area contributed by atoms with Gasteiger partial charge in [0.25, 0.3) is 10.0 Å². The molecule has 0 heterocycles. The number of amides is 2. The first-order valence-electron chi connectivity index (χ1n) is 13.0. The van der Waals surface area contributed by atoms with Gasteiger partial charge in [0, 0.05) is 13.1 Å². The van der Waals surface area contributed by atoms with Crippen LogP contribution in [-0.2, 0) is 26.2 Å². The van der Waals surface area contributed by atoms with Crippen LogP contribution < -0.4 is 9.62 Å². The molecule has 10 heteroatoms. The second-order valence-corrected chi connectivity index (χ2v) is 12.9. The number of carbonyl (C=O) groups excluding carboxylic acids is 2. The van der Waals surface area contributed by atoms with Crippen LogP contribution in [0.2, 0.25) is 10.0 Å². The molecule has 0 aliphatic rings. The molecule has 0 bridgehead atoms. The van der Waals surface area contributed by atoms with Crippen LogP contribution in [0.5, 0.6) is 0 Å². The largest absolute Gasteiger partial charge is 0.354 e. The van der Waals surface area contributed by atoms with Crippen molar-refractivity contribution in [2.45, 2.75) is 52.1 Å². The van der Waals surface area contributed by atoms with E-state index in [2.05, 4.69) is 5.32 Å². The summed E-state index contributed by atoms with van der Waals surface area (Å²) in [5.41, 5.74) is 2.89. The van der Waals surface area contributed by atoms with E-state index in [4.69, 9.17) is 23.2 Å². The number of nitrogens with one attached hydrogen (secondary N) is 1. The monoisotopic (exact) mass is 603 g/mol. The average molecular weight is 605 g/mol. The lowest BCUT2D eigenvalue weighted by Gasteiger charge is -2.32. The highest BCUT2D eigenvalue weighted by molar-refractivity contribution is 7.92. The Balaban J connectivity index is 2.04. The highest BCUT2D eigenvalue weighted by atomic mass is 35.5. The lowest BCUT2D eigenvalue weighted by atomic mass is 10.1. The zero-order chi connectivity index (χ0) is 29.6. The normalized spacial score (nSPS) is 12.2. The molecule has 3 aromatic carbocycles. The van der Waals surface area contributed by atoms with E-state index in [9.17, 15) is 18.0 Å². The summed E-state index contributed by atoms with van der Waals surface area (Å²) in [6, 6.07) is 17.5. The molecule has 3 rings (SSSR count). The van der Waals surface area contributed by atoms with Crippen molar-refractivity contribution in [1.29, 1.82) is 0 Å². The SMILES string of the molecule is Cc1ccc(S(=O)(=O)N(CC(=O)N(Cc2cccc(C)c2)[C@@H](C)C(=O)NCC(C)C)c2ccc(Cl)c(Cl)c2)cc1. The summed E-state index contributed by atoms with van der Waals surface area (Å²) in [6.45, 7) is 9.41. The molecule has 3 aromatic rings. The van der Waals surface area contributed by atoms with Gasteiger partial charge in [-0.15, -0.1) is 0 Å². The van der Waals surface area contributed by atoms with Gasteiger partial charge in [0.05, 0.1) is 20.6 Å². The van der Waals surface area contributed by atoms with Crippen LogP contribution in [-0.4, -0.2) is 44.3 Å². The van der Waals surface area contributed by atoms with Crippen molar-refractivity contribution in [2.24, 2.45) is 5.92 Å². The molecule has 40 heavy (non-hydrogen) atoms. The van der Waals surface area contributed by atoms with Crippen LogP contribution in [0.15, 0.2) is 71.6 Å². The van der Waals surface area contributed by atoms with Crippen LogP contribution in [0.1, 0.15) is 37.5 Å². The van der Waals surface area contributed by atoms with Crippen molar-refractivity contribution in [3.63, 3.8) is 0 Å². The number of halogens is 2. The van der Waals surface area contributed by atoms with E-state index in [-0.39, 0.29) is 39.0 Å². The molecule has 0 saturated carbocycles. The van der Waals surface area contributed by atoms with Crippen LogP contribution >= 0.6 is 23.2 Å². The number of nitrogens with zero attached hydrogens (tertiary/aromatic N) is 2. The Morgan fingerprint density at radius 1 is 0.875 bits per heavy atom. The molecular formula is C30H35Cl2N3O4S. The first kappa shape index (κ1) is 31.5. The number of sulfonamides is 1. The van der Waals surface area contributed by atoms with E-state index in [0.717, 1.165) is 21.0 Å². The van der Waals surface area contributed by atoms with Crippen LogP contribution in [0, 0.1) is 19.8 Å². The van der Waals surface area contributed by atoms with Gasteiger partial charge in [-0.25, -0.2) is 8.42 Å². The third-order valence-corrected chi connectivity index (χ3v) is 8.89. The molecule has 0 radical (unpaired) electrons. The molecule has 2 amide bonds. The van der Waals surface area contributed by atoms with Crippen molar-refractivity contribution in [3.05, 3.63) is 93.5 Å². The van der Waals surface area contributed by atoms with Gasteiger partial charge >= 0.3 is 0 Å². The Bertz CT molecular complexity index is 1460. The lowest BCUT2D eigenvalue weighted by molar-refractivity contribution is -0.139. The Morgan fingerprint density at radius 2 is 1.55 bits per heavy atom. The summed E-state index contributed by atoms with van der Waals surface area (Å²) in [5.74, 6) is -0.644. The average Bonchev–Trinajstić information content (AvgIpc) is 2.90. The van der Waals surface area contributed by atoms with E-state index in [1.165, 1.54) is 35.2 Å². The van der Waals surface area contributed by atoms with Gasteiger partial charge < -0.3 is 10.2 Å². The minimum Gasteiger partial charge on any atom is -0.354 e. The van der Waals surface area contributed by atoms with Gasteiger partial charge in [-0.05, 0) is 62.6 Å². The number of carbonyl (C=O) groups is 2. The van der Waals surface area contributed by atoms with Crippen molar-refractivity contribution in [3.8, 4) is 0 Å². The van der Waals surface area contributed by atoms with Crippen LogP contribution in [0.25, 0.3) is 0 Å². The van der Waals surface area contributed by atoms with Gasteiger partial charge in [-0.3, -0.25) is 13.9 Å². The molecule has 214 valence electrons. The Morgan fingerprint density at radius 3 is 2.15 bits per heavy atom. The molecule has 0 unspecified atom stereocenters. The molecular weight excluding hydrogens is 569 g/mol. The number of rotatable bonds is 11. The number of hydrogen-bond acceptors (Lipinski definition) is 4. The van der Waals surface area contributed by atoms with Gasteiger partial charge in [0.2, 0.25) is 11.8 Å². The van der Waals surface area contributed by atoms with Crippen LogP contribution in [0.3, 0.4) is 0 Å². The fraction of sp³-hybridized carbons (Fsp3) is 0.333. The predicted molar refractivity (Wildman–Crippen MR) is 161 cm³/mol. The zero-order valence-electron chi connectivity index (χ0n) is 23.3. The molecule has 0 saturated heterocycles. The second-order valence-electron chi connectivity index (χ2n) is 10.2. The quantitative estimate of drug-likeness (QED) is 0.291. The summed E-state index contributed by atoms with van der Waals surface area (Å²) in [5, 5.41) is 3.28. The molecule has 0 spiro atoms. The first-order chi connectivity index (χ1) is 18.8. The fourth-order valence-corrected chi connectivity index (χ4v) is 5.75. The number of aryl methyl sites for hydroxylation is 2. The van der Waals surface area contributed by atoms with E-state index < -0.39 is 28.5 Å². The van der Waals surface area contributed by atoms with Gasteiger partial charge in [-0.2, -0.15) is 0 Å². The standard InChI is InChI=1S/C30H35Cl2N3O4S/c1-20(2)17-33-30(37)23(5)34(18-24-8-6-7-22(4)15-24)29(36)19-35(25-11-14-27(31)28(32)16-25)40(38,39)26-12-9-21(3)10-13-26/h6-16,20,23H,17-19H2,1-5H3,(H,33,37)/t23-/m0/s1. The third-order valence-electron chi connectivity index (χ3n) is 6.37. The van der Waals surface area contributed by atoms with Gasteiger partial charge in [-0.1, -0.05) is 84.6 Å². The number of anilines is 1. The van der Waals surface area contributed by atoms with Crippen molar-refractivity contribution < 1.29 is 18.0 Å². The molecule has 0 fully saturated rings. The predicted octanol–water partition coefficient (Wildman–Crippen LogP) is 6.00. The maximum absolute atomic E-state index is 14.0. The van der Waals surface area contributed by atoms with Crippen molar-refractivity contribution in [1.82, 2.24) is 10.2 Å². The van der Waals surface area contributed by atoms with Crippen molar-refractivity contribution >= 4 is 50.7 Å². The molecule has 7 nitrogen and oxygen atoms in total. The summed E-state index contributed by atoms with van der Waals surface area (Å²) in [4.78, 5) is 28.5. The maximum atomic E-state index is 14.0. The molecule has 0 aliphatic heterocycles. The highest BCUT2D eigenvalue weighted by Gasteiger charge is 2.32. The molecule has 0 aromatic heterocycles. The number of benzene rings is 3. The minimum atomic E-state index is -4.19. The third kappa shape index (κ3) is 7.99. The first-order valence-corrected chi connectivity index (χ1v) is 15.2. The summed E-state index contributed by atoms with van der Waals surface area (Å²) >= 11 is 12.3. The Kier molecular flexibility index (Phi) is 10.6. The van der Waals surface area contributed by atoms with Crippen LogP contribution in [0.4, 0.5) is 5.69 Å². The molecule has 1 N–H and O–H groups in total. The van der Waals surface area contributed by atoms with Gasteiger partial charge in [0.1, 0.15) is 12.6 Å². The Labute approximate surface area is 247 Å². The minimum absolute atomic E-state index is 0.0185. The molecule has 1 atom stereocenters. The second kappa shape index (κ2) is 13.5. The maximum Gasteiger partial charge on any atom is 0.264 e. The van der Waals surface area contributed by atoms with E-state index >= 15 is 0 Å². The lowest BCUT2D eigenvalue weighted by Crippen LogP contribution is -2.51. The highest BCUT2D eigenvalue weighted by Crippen LogP contribution is 2.31. The van der Waals surface area contributed by atoms with E-state index in [0.29, 0.717) is 6.54 Å². The van der Waals surface area contributed by atoms with E-state index in [1.54, 1.807) is 19.1 Å². The number of hydrogen-bond donors (Lipinski definition) is 1. The zero-order valence-corrected chi connectivity index (χ0v) is 25.6. The topological polar surface area (TPSA) is 86.8 Å². The molecule has 0 aliphatic carbocycles. The fourth-order valence-electron chi connectivity index (χ4n) is 4.05. The summed E-state index contributed by atoms with van der Waals surface area (Å²) in [7, 11) is -4.19. The summed E-state index contributed by atoms with van der Waals surface area (Å²) < 4.78 is 28.8. The van der Waals surface area contributed by atoms with Gasteiger partial charge in [0.15, 0.2) is 0 Å². The summed E-state index contributed by atoms with van der Waals surface area (Å²) in [6.07, 6.45) is 0.